The summed E-state index contributed by atoms with van der Waals surface area (Å²) >= 11 is 0. The van der Waals surface area contributed by atoms with Crippen LogP contribution in [0.3, 0.4) is 0 Å². The highest BCUT2D eigenvalue weighted by atomic mass is 16.5. The van der Waals surface area contributed by atoms with E-state index < -0.39 is 12.0 Å². The predicted molar refractivity (Wildman–Crippen MR) is 113 cm³/mol. The van der Waals surface area contributed by atoms with Crippen molar-refractivity contribution in [1.29, 1.82) is 0 Å². The second-order valence-electron chi connectivity index (χ2n) is 6.99. The van der Waals surface area contributed by atoms with Crippen LogP contribution in [-0.2, 0) is 4.79 Å². The number of aliphatic carboxylic acids is 1. The average molecular weight is 398 g/mol. The lowest BCUT2D eigenvalue weighted by atomic mass is 10.1. The summed E-state index contributed by atoms with van der Waals surface area (Å²) in [5.41, 5.74) is 3.04. The Balaban J connectivity index is 1.95. The van der Waals surface area contributed by atoms with Gasteiger partial charge in [0.2, 0.25) is 0 Å². The number of rotatable bonds is 5. The molecule has 0 spiro atoms. The first-order valence-corrected chi connectivity index (χ1v) is 9.54. The van der Waals surface area contributed by atoms with Gasteiger partial charge in [0.1, 0.15) is 23.1 Å². The second kappa shape index (κ2) is 8.25. The van der Waals surface area contributed by atoms with Gasteiger partial charge < -0.3 is 19.1 Å². The minimum Gasteiger partial charge on any atom is -0.547 e. The van der Waals surface area contributed by atoms with Gasteiger partial charge in [-0.3, -0.25) is 4.99 Å². The van der Waals surface area contributed by atoms with Crippen molar-refractivity contribution in [3.8, 4) is 17.1 Å². The van der Waals surface area contributed by atoms with E-state index in [0.717, 1.165) is 22.3 Å². The molecule has 1 atom stereocenters. The topological polar surface area (TPSA) is 74.9 Å². The van der Waals surface area contributed by atoms with Crippen molar-refractivity contribution in [2.24, 2.45) is 4.99 Å². The predicted octanol–water partition coefficient (Wildman–Crippen LogP) is 3.81. The number of fused-ring (bicyclic) bond motifs is 1. The van der Waals surface area contributed by atoms with E-state index in [4.69, 9.17) is 9.15 Å². The van der Waals surface area contributed by atoms with Gasteiger partial charge >= 0.3 is 0 Å². The van der Waals surface area contributed by atoms with Crippen molar-refractivity contribution in [2.75, 3.05) is 7.11 Å². The van der Waals surface area contributed by atoms with Gasteiger partial charge in [-0.15, -0.1) is 0 Å². The first-order valence-electron chi connectivity index (χ1n) is 9.54. The first-order chi connectivity index (χ1) is 14.5. The van der Waals surface area contributed by atoms with Crippen molar-refractivity contribution in [2.45, 2.75) is 13.0 Å². The van der Waals surface area contributed by atoms with E-state index in [-0.39, 0.29) is 0 Å². The quantitative estimate of drug-likeness (QED) is 0.512. The highest BCUT2D eigenvalue weighted by molar-refractivity contribution is 5.80. The Hall–Kier alpha value is -3.86. The Morgan fingerprint density at radius 3 is 2.40 bits per heavy atom. The van der Waals surface area contributed by atoms with Crippen LogP contribution in [0, 0.1) is 6.92 Å². The van der Waals surface area contributed by atoms with Crippen LogP contribution >= 0.6 is 0 Å². The summed E-state index contributed by atoms with van der Waals surface area (Å²) in [6, 6.07) is 22.7. The lowest BCUT2D eigenvalue weighted by Gasteiger charge is -2.14. The van der Waals surface area contributed by atoms with Crippen LogP contribution in [0.15, 0.2) is 88.3 Å². The molecule has 0 saturated carbocycles. The third-order valence-corrected chi connectivity index (χ3v) is 4.88. The Labute approximate surface area is 173 Å². The SMILES string of the molecule is COc1ccc(-c2cc(=N[C@@H](C(=O)[O-])c3ccccc3)c3cc(C)ccc3o2)cc1. The lowest BCUT2D eigenvalue weighted by molar-refractivity contribution is -0.307. The van der Waals surface area contributed by atoms with Crippen molar-refractivity contribution in [3.05, 3.63) is 95.3 Å². The maximum absolute atomic E-state index is 11.9. The molecule has 150 valence electrons. The van der Waals surface area contributed by atoms with Crippen molar-refractivity contribution < 1.29 is 19.1 Å². The molecule has 0 fully saturated rings. The summed E-state index contributed by atoms with van der Waals surface area (Å²) in [6.07, 6.45) is 0. The zero-order chi connectivity index (χ0) is 21.1. The molecule has 0 saturated heterocycles. The standard InChI is InChI=1S/C25H21NO4/c1-16-8-13-22-20(14-16)21(26-24(25(27)28)18-6-4-3-5-7-18)15-23(30-22)17-9-11-19(29-2)12-10-17/h3-15,24H,1-2H3,(H,27,28)/p-1/t24-/m1/s1. The van der Waals surface area contributed by atoms with Crippen molar-refractivity contribution in [1.82, 2.24) is 0 Å². The van der Waals surface area contributed by atoms with Gasteiger partial charge in [-0.05, 0) is 48.9 Å². The van der Waals surface area contributed by atoms with E-state index >= 15 is 0 Å². The van der Waals surface area contributed by atoms with Crippen molar-refractivity contribution >= 4 is 16.9 Å². The smallest absolute Gasteiger partial charge is 0.136 e. The second-order valence-corrected chi connectivity index (χ2v) is 6.99. The Kier molecular flexibility index (Phi) is 5.35. The molecular weight excluding hydrogens is 378 g/mol. The number of carbonyl (C=O) groups excluding carboxylic acids is 1. The van der Waals surface area contributed by atoms with Crippen molar-refractivity contribution in [3.63, 3.8) is 0 Å². The summed E-state index contributed by atoms with van der Waals surface area (Å²) in [6.45, 7) is 1.97. The molecule has 0 aliphatic rings. The number of carbonyl (C=O) groups is 1. The molecule has 3 aromatic carbocycles. The molecule has 0 bridgehead atoms. The van der Waals surface area contributed by atoms with Gasteiger partial charge in [0.15, 0.2) is 0 Å². The Morgan fingerprint density at radius 2 is 1.73 bits per heavy atom. The Morgan fingerprint density at radius 1 is 1.00 bits per heavy atom. The third-order valence-electron chi connectivity index (χ3n) is 4.88. The van der Waals surface area contributed by atoms with Gasteiger partial charge in [0.25, 0.3) is 0 Å². The van der Waals surface area contributed by atoms with E-state index in [1.54, 1.807) is 37.4 Å². The molecule has 5 heteroatoms. The monoisotopic (exact) mass is 398 g/mol. The summed E-state index contributed by atoms with van der Waals surface area (Å²) in [5.74, 6) is 0.0628. The maximum atomic E-state index is 11.9. The van der Waals surface area contributed by atoms with E-state index in [1.165, 1.54) is 0 Å². The van der Waals surface area contributed by atoms with E-state index in [9.17, 15) is 9.90 Å². The summed E-state index contributed by atoms with van der Waals surface area (Å²) in [7, 11) is 1.61. The van der Waals surface area contributed by atoms with E-state index in [0.29, 0.717) is 22.3 Å². The Bertz CT molecular complexity index is 1260. The number of carboxylic acids is 1. The van der Waals surface area contributed by atoms with Crippen LogP contribution in [0.25, 0.3) is 22.3 Å². The van der Waals surface area contributed by atoms with Gasteiger partial charge in [-0.1, -0.05) is 42.0 Å². The number of methoxy groups -OCH3 is 1. The van der Waals surface area contributed by atoms with Crippen LogP contribution in [0.1, 0.15) is 17.2 Å². The summed E-state index contributed by atoms with van der Waals surface area (Å²) < 4.78 is 11.3. The molecule has 0 unspecified atom stereocenters. The van der Waals surface area contributed by atoms with Crippen LogP contribution in [-0.4, -0.2) is 13.1 Å². The molecule has 1 aromatic heterocycles. The fraction of sp³-hybridized carbons (Fsp3) is 0.120. The molecule has 0 aliphatic heterocycles. The van der Waals surface area contributed by atoms with Gasteiger partial charge in [0, 0.05) is 17.0 Å². The fourth-order valence-corrected chi connectivity index (χ4v) is 3.32. The molecular formula is C25H20NO4-. The normalized spacial score (nSPS) is 12.7. The molecule has 0 radical (unpaired) electrons. The van der Waals surface area contributed by atoms with E-state index in [2.05, 4.69) is 4.99 Å². The number of hydrogen-bond donors (Lipinski definition) is 0. The lowest BCUT2D eigenvalue weighted by Crippen LogP contribution is -2.30. The maximum Gasteiger partial charge on any atom is 0.136 e. The molecule has 5 nitrogen and oxygen atoms in total. The number of hydrogen-bond acceptors (Lipinski definition) is 5. The minimum atomic E-state index is -1.26. The zero-order valence-electron chi connectivity index (χ0n) is 16.7. The number of ether oxygens (including phenoxy) is 1. The number of benzene rings is 3. The molecule has 1 heterocycles. The summed E-state index contributed by atoms with van der Waals surface area (Å²) in [5, 5.41) is 13.2. The molecule has 0 N–H and O–H groups in total. The van der Waals surface area contributed by atoms with Crippen LogP contribution < -0.4 is 15.2 Å². The number of carboxylic acid groups (broad SMARTS) is 1. The number of aryl methyl sites for hydroxylation is 1. The molecule has 0 amide bonds. The summed E-state index contributed by atoms with van der Waals surface area (Å²) in [4.78, 5) is 16.5. The van der Waals surface area contributed by atoms with Gasteiger partial charge in [0.05, 0.1) is 18.4 Å². The average Bonchev–Trinajstić information content (AvgIpc) is 2.77. The zero-order valence-corrected chi connectivity index (χ0v) is 16.7. The number of nitrogens with zero attached hydrogens (tertiary/aromatic N) is 1. The highest BCUT2D eigenvalue weighted by Crippen LogP contribution is 2.25. The molecule has 0 aliphatic carbocycles. The largest absolute Gasteiger partial charge is 0.547 e. The van der Waals surface area contributed by atoms with E-state index in [1.807, 2.05) is 55.5 Å². The van der Waals surface area contributed by atoms with Gasteiger partial charge in [-0.2, -0.15) is 0 Å². The fourth-order valence-electron chi connectivity index (χ4n) is 3.32. The van der Waals surface area contributed by atoms with Crippen LogP contribution in [0.2, 0.25) is 0 Å². The highest BCUT2D eigenvalue weighted by Gasteiger charge is 2.13. The van der Waals surface area contributed by atoms with Crippen LogP contribution in [0.5, 0.6) is 5.75 Å². The van der Waals surface area contributed by atoms with Crippen LogP contribution in [0.4, 0.5) is 0 Å². The minimum absolute atomic E-state index is 0.531. The molecule has 4 aromatic rings. The molecule has 4 rings (SSSR count). The van der Waals surface area contributed by atoms with Gasteiger partial charge in [-0.25, -0.2) is 0 Å². The third kappa shape index (κ3) is 3.96. The first kappa shape index (κ1) is 19.5. The molecule has 30 heavy (non-hydrogen) atoms.